The molecule has 0 amide bonds. The molecule has 1 atom stereocenters. The van der Waals surface area contributed by atoms with Crippen LogP contribution in [0.3, 0.4) is 0 Å². The zero-order valence-corrected chi connectivity index (χ0v) is 15.2. The van der Waals surface area contributed by atoms with Gasteiger partial charge in [0.25, 0.3) is 0 Å². The maximum atomic E-state index is 12.5. The van der Waals surface area contributed by atoms with Gasteiger partial charge in [0.05, 0.1) is 11.9 Å². The Balaban J connectivity index is 1.77. The number of hydrogen-bond donors (Lipinski definition) is 0. The van der Waals surface area contributed by atoms with Crippen LogP contribution in [-0.4, -0.2) is 68.8 Å². The number of hydrogen-bond acceptors (Lipinski definition) is 4. The molecule has 0 spiro atoms. The van der Waals surface area contributed by atoms with E-state index in [0.29, 0.717) is 25.1 Å². The SMILES string of the molecule is CC(C)(C)CCN1CCN(S(=O)(=O)C[C@@H]2CCCCO2)CC1. The zero-order valence-electron chi connectivity index (χ0n) is 14.4. The Morgan fingerprint density at radius 1 is 1.09 bits per heavy atom. The van der Waals surface area contributed by atoms with Crippen LogP contribution in [0.25, 0.3) is 0 Å². The first-order valence-corrected chi connectivity index (χ1v) is 10.2. The van der Waals surface area contributed by atoms with Gasteiger partial charge in [0.1, 0.15) is 0 Å². The van der Waals surface area contributed by atoms with Crippen LogP contribution in [0.15, 0.2) is 0 Å². The molecular weight excluding hydrogens is 300 g/mol. The first kappa shape index (κ1) is 18.2. The first-order chi connectivity index (χ1) is 10.3. The molecule has 0 radical (unpaired) electrons. The van der Waals surface area contributed by atoms with E-state index >= 15 is 0 Å². The Morgan fingerprint density at radius 2 is 1.77 bits per heavy atom. The molecule has 0 aliphatic carbocycles. The van der Waals surface area contributed by atoms with Crippen LogP contribution in [-0.2, 0) is 14.8 Å². The number of piperazine rings is 1. The fraction of sp³-hybridized carbons (Fsp3) is 1.00. The second kappa shape index (κ2) is 7.60. The summed E-state index contributed by atoms with van der Waals surface area (Å²) >= 11 is 0. The van der Waals surface area contributed by atoms with Crippen LogP contribution in [0, 0.1) is 5.41 Å². The summed E-state index contributed by atoms with van der Waals surface area (Å²) < 4.78 is 32.3. The molecule has 0 N–H and O–H groups in total. The third kappa shape index (κ3) is 5.80. The predicted octanol–water partition coefficient (Wildman–Crippen LogP) is 1.94. The predicted molar refractivity (Wildman–Crippen MR) is 89.5 cm³/mol. The van der Waals surface area contributed by atoms with Crippen molar-refractivity contribution in [2.24, 2.45) is 5.41 Å². The first-order valence-electron chi connectivity index (χ1n) is 8.58. The molecule has 2 rings (SSSR count). The lowest BCUT2D eigenvalue weighted by Gasteiger charge is -2.36. The highest BCUT2D eigenvalue weighted by molar-refractivity contribution is 7.89. The Bertz CT molecular complexity index is 431. The highest BCUT2D eigenvalue weighted by atomic mass is 32.2. The van der Waals surface area contributed by atoms with Gasteiger partial charge >= 0.3 is 0 Å². The standard InChI is InChI=1S/C16H32N2O3S/c1-16(2,3)7-8-17-9-11-18(12-10-17)22(19,20)14-15-6-4-5-13-21-15/h15H,4-14H2,1-3H3/t15-/m0/s1. The Labute approximate surface area is 136 Å². The van der Waals surface area contributed by atoms with E-state index in [1.807, 2.05) is 0 Å². The van der Waals surface area contributed by atoms with Crippen LogP contribution in [0.2, 0.25) is 0 Å². The van der Waals surface area contributed by atoms with E-state index in [4.69, 9.17) is 4.74 Å². The fourth-order valence-corrected chi connectivity index (χ4v) is 4.67. The number of sulfonamides is 1. The second-order valence-corrected chi connectivity index (χ2v) is 9.83. The fourth-order valence-electron chi connectivity index (χ4n) is 3.00. The van der Waals surface area contributed by atoms with E-state index in [-0.39, 0.29) is 11.9 Å². The average molecular weight is 333 g/mol. The van der Waals surface area contributed by atoms with Crippen molar-refractivity contribution in [3.8, 4) is 0 Å². The Hall–Kier alpha value is -0.170. The van der Waals surface area contributed by atoms with Crippen molar-refractivity contribution >= 4 is 10.0 Å². The van der Waals surface area contributed by atoms with Gasteiger partial charge in [-0.3, -0.25) is 0 Å². The van der Waals surface area contributed by atoms with Crippen LogP contribution < -0.4 is 0 Å². The zero-order chi connectivity index (χ0) is 16.2. The van der Waals surface area contributed by atoms with Gasteiger partial charge in [-0.1, -0.05) is 20.8 Å². The molecule has 0 aromatic carbocycles. The highest BCUT2D eigenvalue weighted by Crippen LogP contribution is 2.20. The number of ether oxygens (including phenoxy) is 1. The third-order valence-electron chi connectivity index (χ3n) is 4.57. The van der Waals surface area contributed by atoms with E-state index in [1.54, 1.807) is 4.31 Å². The normalized spacial score (nSPS) is 26.2. The van der Waals surface area contributed by atoms with Gasteiger partial charge in [0.2, 0.25) is 10.0 Å². The summed E-state index contributed by atoms with van der Waals surface area (Å²) in [6.45, 7) is 11.5. The second-order valence-electron chi connectivity index (χ2n) is 7.82. The van der Waals surface area contributed by atoms with E-state index in [0.717, 1.165) is 45.3 Å². The van der Waals surface area contributed by atoms with Gasteiger partial charge in [0, 0.05) is 32.8 Å². The van der Waals surface area contributed by atoms with Crippen molar-refractivity contribution in [2.75, 3.05) is 45.1 Å². The Morgan fingerprint density at radius 3 is 2.32 bits per heavy atom. The minimum Gasteiger partial charge on any atom is -0.377 e. The van der Waals surface area contributed by atoms with Gasteiger partial charge in [0.15, 0.2) is 0 Å². The lowest BCUT2D eigenvalue weighted by atomic mass is 9.92. The van der Waals surface area contributed by atoms with E-state index in [2.05, 4.69) is 25.7 Å². The van der Waals surface area contributed by atoms with Crippen molar-refractivity contribution in [2.45, 2.75) is 52.6 Å². The summed E-state index contributed by atoms with van der Waals surface area (Å²) in [5, 5.41) is 0. The molecule has 130 valence electrons. The molecule has 5 nitrogen and oxygen atoms in total. The molecule has 2 fully saturated rings. The molecule has 2 saturated heterocycles. The monoisotopic (exact) mass is 332 g/mol. The maximum absolute atomic E-state index is 12.5. The minimum atomic E-state index is -3.17. The molecule has 2 aliphatic rings. The van der Waals surface area contributed by atoms with Gasteiger partial charge in [-0.2, -0.15) is 4.31 Å². The number of nitrogens with zero attached hydrogens (tertiary/aromatic N) is 2. The third-order valence-corrected chi connectivity index (χ3v) is 6.52. The molecular formula is C16H32N2O3S. The summed E-state index contributed by atoms with van der Waals surface area (Å²) in [6, 6.07) is 0. The van der Waals surface area contributed by atoms with Crippen LogP contribution in [0.5, 0.6) is 0 Å². The van der Waals surface area contributed by atoms with Crippen LogP contribution >= 0.6 is 0 Å². The van der Waals surface area contributed by atoms with Crippen molar-refractivity contribution in [3.05, 3.63) is 0 Å². The Kier molecular flexibility index (Phi) is 6.28. The highest BCUT2D eigenvalue weighted by Gasteiger charge is 2.30. The molecule has 0 bridgehead atoms. The van der Waals surface area contributed by atoms with Gasteiger partial charge in [-0.15, -0.1) is 0 Å². The van der Waals surface area contributed by atoms with Crippen molar-refractivity contribution in [1.82, 2.24) is 9.21 Å². The molecule has 22 heavy (non-hydrogen) atoms. The summed E-state index contributed by atoms with van der Waals surface area (Å²) in [7, 11) is -3.17. The number of rotatable bonds is 5. The molecule has 0 saturated carbocycles. The van der Waals surface area contributed by atoms with Gasteiger partial charge < -0.3 is 9.64 Å². The van der Waals surface area contributed by atoms with Crippen molar-refractivity contribution in [1.29, 1.82) is 0 Å². The summed E-state index contributed by atoms with van der Waals surface area (Å²) in [4.78, 5) is 2.38. The van der Waals surface area contributed by atoms with Gasteiger partial charge in [-0.05, 0) is 37.6 Å². The van der Waals surface area contributed by atoms with Crippen LogP contribution in [0.4, 0.5) is 0 Å². The maximum Gasteiger partial charge on any atom is 0.216 e. The average Bonchev–Trinajstić information content (AvgIpc) is 2.45. The molecule has 0 unspecified atom stereocenters. The topological polar surface area (TPSA) is 49.9 Å². The summed E-state index contributed by atoms with van der Waals surface area (Å²) in [5.74, 6) is 0.162. The lowest BCUT2D eigenvalue weighted by molar-refractivity contribution is 0.0296. The molecule has 2 heterocycles. The van der Waals surface area contributed by atoms with E-state index in [1.165, 1.54) is 0 Å². The molecule has 0 aromatic heterocycles. The van der Waals surface area contributed by atoms with Crippen molar-refractivity contribution in [3.63, 3.8) is 0 Å². The van der Waals surface area contributed by atoms with Gasteiger partial charge in [-0.25, -0.2) is 8.42 Å². The smallest absolute Gasteiger partial charge is 0.216 e. The molecule has 6 heteroatoms. The summed E-state index contributed by atoms with van der Waals surface area (Å²) in [6.07, 6.45) is 4.07. The molecule has 2 aliphatic heterocycles. The molecule has 0 aromatic rings. The minimum absolute atomic E-state index is 0.0994. The van der Waals surface area contributed by atoms with Crippen LogP contribution in [0.1, 0.15) is 46.5 Å². The van der Waals surface area contributed by atoms with Crippen molar-refractivity contribution < 1.29 is 13.2 Å². The quantitative estimate of drug-likeness (QED) is 0.772. The van der Waals surface area contributed by atoms with E-state index in [9.17, 15) is 8.42 Å². The van der Waals surface area contributed by atoms with E-state index < -0.39 is 10.0 Å². The summed E-state index contributed by atoms with van der Waals surface area (Å²) in [5.41, 5.74) is 0.335. The largest absolute Gasteiger partial charge is 0.377 e. The lowest BCUT2D eigenvalue weighted by Crippen LogP contribution is -2.50.